The molecule has 1 unspecified atom stereocenters. The smallest absolute Gasteiger partial charge is 0.246 e. The Kier molecular flexibility index (Phi) is 3.39. The molecule has 1 heterocycles. The lowest BCUT2D eigenvalue weighted by Gasteiger charge is -2.48. The predicted molar refractivity (Wildman–Crippen MR) is 69.9 cm³/mol. The van der Waals surface area contributed by atoms with Crippen LogP contribution in [-0.4, -0.2) is 34.3 Å². The third kappa shape index (κ3) is 2.02. The molecule has 0 aromatic rings. The van der Waals surface area contributed by atoms with Crippen LogP contribution >= 0.6 is 0 Å². The maximum Gasteiger partial charge on any atom is 0.246 e. The van der Waals surface area contributed by atoms with Crippen molar-refractivity contribution in [3.05, 3.63) is 0 Å². The van der Waals surface area contributed by atoms with E-state index in [2.05, 4.69) is 5.32 Å². The Labute approximate surface area is 109 Å². The third-order valence-corrected chi connectivity index (χ3v) is 4.30. The van der Waals surface area contributed by atoms with E-state index >= 15 is 0 Å². The standard InChI is InChI=1S/C14H24N2O2/c1-9(2)11-12(17)16(10-7-5-6-8-10)14(3,4)13(18)15-11/h9-11H,5-8H2,1-4H3,(H,15,18). The number of carbonyl (C=O) groups excluding carboxylic acids is 2. The Morgan fingerprint density at radius 1 is 1.22 bits per heavy atom. The summed E-state index contributed by atoms with van der Waals surface area (Å²) in [6.07, 6.45) is 4.40. The second-order valence-electron chi connectivity index (χ2n) is 6.40. The lowest BCUT2D eigenvalue weighted by molar-refractivity contribution is -0.159. The highest BCUT2D eigenvalue weighted by Gasteiger charge is 2.49. The van der Waals surface area contributed by atoms with E-state index in [0.717, 1.165) is 12.8 Å². The van der Waals surface area contributed by atoms with Crippen molar-refractivity contribution in [3.63, 3.8) is 0 Å². The number of rotatable bonds is 2. The molecule has 0 aromatic carbocycles. The van der Waals surface area contributed by atoms with Crippen molar-refractivity contribution in [1.82, 2.24) is 10.2 Å². The summed E-state index contributed by atoms with van der Waals surface area (Å²) in [6.45, 7) is 7.67. The van der Waals surface area contributed by atoms with Crippen molar-refractivity contribution < 1.29 is 9.59 Å². The minimum Gasteiger partial charge on any atom is -0.342 e. The average molecular weight is 252 g/mol. The molecule has 2 aliphatic rings. The summed E-state index contributed by atoms with van der Waals surface area (Å²) >= 11 is 0. The van der Waals surface area contributed by atoms with Crippen LogP contribution in [0.4, 0.5) is 0 Å². The van der Waals surface area contributed by atoms with Gasteiger partial charge in [-0.05, 0) is 32.6 Å². The Morgan fingerprint density at radius 3 is 2.28 bits per heavy atom. The fourth-order valence-electron chi connectivity index (χ4n) is 3.16. The lowest BCUT2D eigenvalue weighted by Crippen LogP contribution is -2.71. The number of carbonyl (C=O) groups is 2. The molecule has 4 nitrogen and oxygen atoms in total. The summed E-state index contributed by atoms with van der Waals surface area (Å²) in [4.78, 5) is 26.7. The van der Waals surface area contributed by atoms with Crippen LogP contribution < -0.4 is 5.32 Å². The van der Waals surface area contributed by atoms with Crippen molar-refractivity contribution in [3.8, 4) is 0 Å². The van der Waals surface area contributed by atoms with Gasteiger partial charge in [-0.15, -0.1) is 0 Å². The summed E-state index contributed by atoms with van der Waals surface area (Å²) in [5.41, 5.74) is -0.711. The minimum absolute atomic E-state index is 0.0206. The van der Waals surface area contributed by atoms with Crippen LogP contribution in [0.5, 0.6) is 0 Å². The highest BCUT2D eigenvalue weighted by molar-refractivity contribution is 5.99. The second-order valence-corrected chi connectivity index (χ2v) is 6.40. The normalized spacial score (nSPS) is 28.9. The third-order valence-electron chi connectivity index (χ3n) is 4.30. The molecule has 2 fully saturated rings. The summed E-state index contributed by atoms with van der Waals surface area (Å²) in [7, 11) is 0. The maximum absolute atomic E-state index is 12.6. The van der Waals surface area contributed by atoms with Gasteiger partial charge in [0.05, 0.1) is 0 Å². The van der Waals surface area contributed by atoms with Crippen LogP contribution in [0, 0.1) is 5.92 Å². The summed E-state index contributed by atoms with van der Waals surface area (Å²) in [5, 5.41) is 2.88. The van der Waals surface area contributed by atoms with Crippen molar-refractivity contribution in [1.29, 1.82) is 0 Å². The first-order chi connectivity index (χ1) is 8.35. The number of piperazine rings is 1. The van der Waals surface area contributed by atoms with Gasteiger partial charge in [0.15, 0.2) is 0 Å². The molecule has 1 aliphatic carbocycles. The topological polar surface area (TPSA) is 49.4 Å². The molecule has 1 atom stereocenters. The molecule has 0 spiro atoms. The van der Waals surface area contributed by atoms with E-state index in [1.807, 2.05) is 32.6 Å². The number of nitrogens with zero attached hydrogens (tertiary/aromatic N) is 1. The predicted octanol–water partition coefficient (Wildman–Crippen LogP) is 1.69. The average Bonchev–Trinajstić information content (AvgIpc) is 2.76. The zero-order valence-corrected chi connectivity index (χ0v) is 11.8. The summed E-state index contributed by atoms with van der Waals surface area (Å²) in [6, 6.07) is -0.106. The van der Waals surface area contributed by atoms with E-state index < -0.39 is 5.54 Å². The van der Waals surface area contributed by atoms with Crippen LogP contribution in [-0.2, 0) is 9.59 Å². The first kappa shape index (κ1) is 13.4. The molecule has 0 aromatic heterocycles. The van der Waals surface area contributed by atoms with Crippen LogP contribution in [0.25, 0.3) is 0 Å². The molecule has 2 amide bonds. The number of nitrogens with one attached hydrogen (secondary N) is 1. The van der Waals surface area contributed by atoms with E-state index in [9.17, 15) is 9.59 Å². The van der Waals surface area contributed by atoms with E-state index in [1.165, 1.54) is 12.8 Å². The number of hydrogen-bond acceptors (Lipinski definition) is 2. The van der Waals surface area contributed by atoms with Gasteiger partial charge in [-0.1, -0.05) is 26.7 Å². The van der Waals surface area contributed by atoms with Gasteiger partial charge in [-0.2, -0.15) is 0 Å². The number of amides is 2. The van der Waals surface area contributed by atoms with E-state index in [1.54, 1.807) is 0 Å². The molecule has 18 heavy (non-hydrogen) atoms. The van der Waals surface area contributed by atoms with Gasteiger partial charge in [0.2, 0.25) is 11.8 Å². The van der Waals surface area contributed by atoms with Crippen LogP contribution in [0.3, 0.4) is 0 Å². The molecule has 2 rings (SSSR count). The first-order valence-corrected chi connectivity index (χ1v) is 7.00. The van der Waals surface area contributed by atoms with Gasteiger partial charge < -0.3 is 10.2 Å². The fraction of sp³-hybridized carbons (Fsp3) is 0.857. The Morgan fingerprint density at radius 2 is 1.78 bits per heavy atom. The monoisotopic (exact) mass is 252 g/mol. The second kappa shape index (κ2) is 4.56. The molecule has 0 bridgehead atoms. The van der Waals surface area contributed by atoms with Gasteiger partial charge >= 0.3 is 0 Å². The lowest BCUT2D eigenvalue weighted by atomic mass is 9.89. The molecular weight excluding hydrogens is 228 g/mol. The Hall–Kier alpha value is -1.06. The first-order valence-electron chi connectivity index (χ1n) is 7.00. The largest absolute Gasteiger partial charge is 0.342 e. The molecule has 4 heteroatoms. The van der Waals surface area contributed by atoms with Crippen molar-refractivity contribution in [2.24, 2.45) is 5.92 Å². The zero-order chi connectivity index (χ0) is 13.5. The zero-order valence-electron chi connectivity index (χ0n) is 11.8. The van der Waals surface area contributed by atoms with Gasteiger partial charge in [0.1, 0.15) is 11.6 Å². The number of hydrogen-bond donors (Lipinski definition) is 1. The van der Waals surface area contributed by atoms with E-state index in [-0.39, 0.29) is 29.8 Å². The SMILES string of the molecule is CC(C)C1NC(=O)C(C)(C)N(C2CCCC2)C1=O. The molecule has 1 saturated carbocycles. The Balaban J connectivity index is 2.30. The van der Waals surface area contributed by atoms with E-state index in [4.69, 9.17) is 0 Å². The van der Waals surface area contributed by atoms with Crippen molar-refractivity contribution in [2.45, 2.75) is 71.0 Å². The maximum atomic E-state index is 12.6. The van der Waals surface area contributed by atoms with Crippen LogP contribution in [0.1, 0.15) is 53.4 Å². The molecule has 1 N–H and O–H groups in total. The highest BCUT2D eigenvalue weighted by atomic mass is 16.2. The fourth-order valence-corrected chi connectivity index (χ4v) is 3.16. The summed E-state index contributed by atoms with van der Waals surface area (Å²) < 4.78 is 0. The van der Waals surface area contributed by atoms with Gasteiger partial charge in [-0.25, -0.2) is 0 Å². The molecule has 1 saturated heterocycles. The Bertz CT molecular complexity index is 357. The van der Waals surface area contributed by atoms with Gasteiger partial charge in [-0.3, -0.25) is 9.59 Å². The molecule has 1 aliphatic heterocycles. The molecular formula is C14H24N2O2. The minimum atomic E-state index is -0.711. The van der Waals surface area contributed by atoms with E-state index in [0.29, 0.717) is 0 Å². The molecule has 102 valence electrons. The van der Waals surface area contributed by atoms with Crippen LogP contribution in [0.15, 0.2) is 0 Å². The van der Waals surface area contributed by atoms with Crippen LogP contribution in [0.2, 0.25) is 0 Å². The summed E-state index contributed by atoms with van der Waals surface area (Å²) in [5.74, 6) is 0.218. The van der Waals surface area contributed by atoms with Gasteiger partial charge in [0, 0.05) is 6.04 Å². The highest BCUT2D eigenvalue weighted by Crippen LogP contribution is 2.33. The van der Waals surface area contributed by atoms with Crippen molar-refractivity contribution in [2.75, 3.05) is 0 Å². The van der Waals surface area contributed by atoms with Crippen molar-refractivity contribution >= 4 is 11.8 Å². The quantitative estimate of drug-likeness (QED) is 0.813. The molecule has 0 radical (unpaired) electrons. The van der Waals surface area contributed by atoms with Gasteiger partial charge in [0.25, 0.3) is 0 Å².